The molecule has 1 unspecified atom stereocenters. The predicted octanol–water partition coefficient (Wildman–Crippen LogP) is 0.464. The molecule has 3 nitrogen and oxygen atoms in total. The lowest BCUT2D eigenvalue weighted by atomic mass is 10.0. The Hall–Kier alpha value is -0.380. The van der Waals surface area contributed by atoms with Crippen molar-refractivity contribution in [3.8, 4) is 0 Å². The normalized spacial score (nSPS) is 19.9. The Morgan fingerprint density at radius 3 is 1.92 bits per heavy atom. The molecule has 5 N–H and O–H groups in total. The van der Waals surface area contributed by atoms with Crippen LogP contribution in [0, 0.1) is 0 Å². The van der Waals surface area contributed by atoms with Crippen molar-refractivity contribution in [3.63, 3.8) is 0 Å². The third-order valence-corrected chi connectivity index (χ3v) is 1.31. The maximum Gasteiger partial charge on any atom is 0.00763 e. The summed E-state index contributed by atoms with van der Waals surface area (Å²) < 4.78 is 0. The van der Waals surface area contributed by atoms with E-state index in [-0.39, 0.29) is 0 Å². The van der Waals surface area contributed by atoms with Crippen molar-refractivity contribution < 1.29 is 0 Å². The van der Waals surface area contributed by atoms with Crippen molar-refractivity contribution in [1.82, 2.24) is 5.32 Å². The van der Waals surface area contributed by atoms with Crippen LogP contribution in [0.5, 0.6) is 0 Å². The number of nitrogens with two attached hydrogens (primary N) is 2. The number of allylic oxidation sites excluding steroid dienone is 1. The van der Waals surface area contributed by atoms with E-state index in [9.17, 15) is 0 Å². The fraction of sp³-hybridized carbons (Fsp3) is 0.778. The summed E-state index contributed by atoms with van der Waals surface area (Å²) in [6.07, 6.45) is 7.80. The summed E-state index contributed by atoms with van der Waals surface area (Å²) in [4.78, 5) is 0. The number of nitrogens with one attached hydrogen (secondary N) is 1. The Kier molecular flexibility index (Phi) is 15.6. The van der Waals surface area contributed by atoms with E-state index in [2.05, 4.69) is 23.2 Å². The monoisotopic (exact) mass is 173 g/mol. The molecule has 1 atom stereocenters. The van der Waals surface area contributed by atoms with E-state index in [0.29, 0.717) is 6.04 Å². The molecule has 0 aromatic rings. The molecule has 0 amide bonds. The number of hydrogen-bond acceptors (Lipinski definition) is 3. The van der Waals surface area contributed by atoms with Crippen molar-refractivity contribution in [3.05, 3.63) is 12.2 Å². The summed E-state index contributed by atoms with van der Waals surface area (Å²) in [5.74, 6) is 0. The van der Waals surface area contributed by atoms with Gasteiger partial charge in [0.05, 0.1) is 0 Å². The van der Waals surface area contributed by atoms with Crippen LogP contribution in [0.25, 0.3) is 0 Å². The average molecular weight is 173 g/mol. The minimum absolute atomic E-state index is 0.449. The molecule has 74 valence electrons. The molecule has 0 aromatic carbocycles. The lowest BCUT2D eigenvalue weighted by molar-refractivity contribution is 0.606. The lowest BCUT2D eigenvalue weighted by Crippen LogP contribution is -2.19. The largest absolute Gasteiger partial charge is 0.333 e. The Morgan fingerprint density at radius 1 is 1.25 bits per heavy atom. The van der Waals surface area contributed by atoms with E-state index in [4.69, 9.17) is 5.73 Å². The molecule has 1 rings (SSSR count). The molecule has 1 aliphatic rings. The summed E-state index contributed by atoms with van der Waals surface area (Å²) in [5.41, 5.74) is 10.1. The van der Waals surface area contributed by atoms with Crippen LogP contribution < -0.4 is 16.8 Å². The van der Waals surface area contributed by atoms with Crippen LogP contribution >= 0.6 is 0 Å². The van der Waals surface area contributed by atoms with E-state index >= 15 is 0 Å². The Bertz CT molecular complexity index is 91.8. The zero-order valence-electron chi connectivity index (χ0n) is 8.51. The van der Waals surface area contributed by atoms with E-state index in [1.165, 1.54) is 19.9 Å². The van der Waals surface area contributed by atoms with Gasteiger partial charge in [0, 0.05) is 6.04 Å². The Balaban J connectivity index is 0. The van der Waals surface area contributed by atoms with Crippen molar-refractivity contribution in [2.24, 2.45) is 11.5 Å². The molecule has 0 aromatic heterocycles. The molecule has 0 saturated carbocycles. The van der Waals surface area contributed by atoms with Crippen molar-refractivity contribution in [2.75, 3.05) is 21.1 Å². The second-order valence-electron chi connectivity index (χ2n) is 2.54. The van der Waals surface area contributed by atoms with E-state index < -0.39 is 0 Å². The molecule has 0 aliphatic heterocycles. The predicted molar refractivity (Wildman–Crippen MR) is 56.1 cm³/mol. The standard InChI is InChI=1S/C6H11N.C2H7N.CH5N/c7-6-4-2-1-3-5-6;1-3-2;1-2/h1-2,6H,3-5,7H2;3H,1-2H3;2H2,1H3. The maximum absolute atomic E-state index is 5.58. The van der Waals surface area contributed by atoms with Crippen molar-refractivity contribution in [1.29, 1.82) is 0 Å². The first-order valence-electron chi connectivity index (χ1n) is 4.38. The van der Waals surface area contributed by atoms with Gasteiger partial charge in [-0.05, 0) is 40.4 Å². The molecule has 3 heteroatoms. The first kappa shape index (κ1) is 14.2. The topological polar surface area (TPSA) is 64.1 Å². The second kappa shape index (κ2) is 13.2. The molecular formula is C9H23N3. The highest BCUT2D eigenvalue weighted by Crippen LogP contribution is 2.06. The zero-order chi connectivity index (χ0) is 9.82. The molecule has 0 bridgehead atoms. The maximum atomic E-state index is 5.58. The van der Waals surface area contributed by atoms with Crippen LogP contribution in [0.2, 0.25) is 0 Å². The van der Waals surface area contributed by atoms with Gasteiger partial charge >= 0.3 is 0 Å². The number of rotatable bonds is 0. The van der Waals surface area contributed by atoms with Gasteiger partial charge in [-0.15, -0.1) is 0 Å². The van der Waals surface area contributed by atoms with Crippen LogP contribution in [0.15, 0.2) is 12.2 Å². The van der Waals surface area contributed by atoms with Gasteiger partial charge in [0.15, 0.2) is 0 Å². The van der Waals surface area contributed by atoms with Gasteiger partial charge in [-0.1, -0.05) is 12.2 Å². The number of hydrogen-bond donors (Lipinski definition) is 3. The highest BCUT2D eigenvalue weighted by molar-refractivity contribution is 4.91. The third kappa shape index (κ3) is 12.3. The van der Waals surface area contributed by atoms with Gasteiger partial charge in [-0.3, -0.25) is 0 Å². The van der Waals surface area contributed by atoms with E-state index in [1.807, 2.05) is 14.1 Å². The van der Waals surface area contributed by atoms with Gasteiger partial charge in [-0.2, -0.15) is 0 Å². The van der Waals surface area contributed by atoms with Crippen LogP contribution in [-0.2, 0) is 0 Å². The molecule has 0 fully saturated rings. The molecule has 0 radical (unpaired) electrons. The van der Waals surface area contributed by atoms with Crippen LogP contribution in [0.1, 0.15) is 19.3 Å². The van der Waals surface area contributed by atoms with Gasteiger partial charge < -0.3 is 16.8 Å². The zero-order valence-corrected chi connectivity index (χ0v) is 8.51. The van der Waals surface area contributed by atoms with Crippen molar-refractivity contribution >= 4 is 0 Å². The minimum atomic E-state index is 0.449. The Labute approximate surface area is 76.2 Å². The fourth-order valence-corrected chi connectivity index (χ4v) is 0.817. The van der Waals surface area contributed by atoms with Gasteiger partial charge in [0.1, 0.15) is 0 Å². The van der Waals surface area contributed by atoms with Crippen LogP contribution in [-0.4, -0.2) is 27.2 Å². The summed E-state index contributed by atoms with van der Waals surface area (Å²) in [6.45, 7) is 0. The highest BCUT2D eigenvalue weighted by atomic mass is 14.7. The van der Waals surface area contributed by atoms with E-state index in [1.54, 1.807) is 0 Å². The SMILES string of the molecule is CN.CNC.NC1CC=CCC1. The summed E-state index contributed by atoms with van der Waals surface area (Å²) in [7, 11) is 5.25. The smallest absolute Gasteiger partial charge is 0.00763 e. The summed E-state index contributed by atoms with van der Waals surface area (Å²) >= 11 is 0. The molecule has 0 spiro atoms. The molecule has 0 saturated heterocycles. The van der Waals surface area contributed by atoms with E-state index in [0.717, 1.165) is 6.42 Å². The minimum Gasteiger partial charge on any atom is -0.333 e. The summed E-state index contributed by atoms with van der Waals surface area (Å²) in [5, 5.41) is 2.75. The van der Waals surface area contributed by atoms with Crippen LogP contribution in [0.3, 0.4) is 0 Å². The third-order valence-electron chi connectivity index (χ3n) is 1.31. The molecular weight excluding hydrogens is 150 g/mol. The molecule has 0 heterocycles. The van der Waals surface area contributed by atoms with Gasteiger partial charge in [-0.25, -0.2) is 0 Å². The fourth-order valence-electron chi connectivity index (χ4n) is 0.817. The quantitative estimate of drug-likeness (QED) is 0.466. The van der Waals surface area contributed by atoms with Crippen molar-refractivity contribution in [2.45, 2.75) is 25.3 Å². The van der Waals surface area contributed by atoms with Gasteiger partial charge in [0.2, 0.25) is 0 Å². The highest BCUT2D eigenvalue weighted by Gasteiger charge is 2.00. The second-order valence-corrected chi connectivity index (χ2v) is 2.54. The summed E-state index contributed by atoms with van der Waals surface area (Å²) in [6, 6.07) is 0.449. The van der Waals surface area contributed by atoms with Gasteiger partial charge in [0.25, 0.3) is 0 Å². The van der Waals surface area contributed by atoms with Crippen LogP contribution in [0.4, 0.5) is 0 Å². The first-order valence-corrected chi connectivity index (χ1v) is 4.38. The average Bonchev–Trinajstić information content (AvgIpc) is 2.11. The molecule has 1 aliphatic carbocycles. The molecule has 12 heavy (non-hydrogen) atoms. The first-order chi connectivity index (χ1) is 5.81. The lowest BCUT2D eigenvalue weighted by Gasteiger charge is -2.09. The Morgan fingerprint density at radius 2 is 1.75 bits per heavy atom.